The number of nitrogens with zero attached hydrogens (tertiary/aromatic N) is 3. The Morgan fingerprint density at radius 3 is 1.45 bits per heavy atom. The molecule has 0 atom stereocenters. The van der Waals surface area contributed by atoms with Crippen LogP contribution in [0.15, 0.2) is 91.0 Å². The normalized spacial score (nSPS) is 12.0. The second-order valence-corrected chi connectivity index (χ2v) is 6.78. The monoisotopic (exact) mass is 423 g/mol. The van der Waals surface area contributed by atoms with Gasteiger partial charge in [-0.1, -0.05) is 91.0 Å². The summed E-state index contributed by atoms with van der Waals surface area (Å²) in [4.78, 5) is 14.9. The molecular formula is C23H16F3N3O2. The predicted octanol–water partition coefficient (Wildman–Crippen LogP) is 4.84. The maximum Gasteiger partial charge on any atom is 0.451 e. The molecule has 0 bridgehead atoms. The van der Waals surface area contributed by atoms with E-state index in [0.717, 1.165) is 0 Å². The van der Waals surface area contributed by atoms with Gasteiger partial charge in [0.2, 0.25) is 5.82 Å². The van der Waals surface area contributed by atoms with Gasteiger partial charge in [-0.15, -0.1) is 5.10 Å². The summed E-state index contributed by atoms with van der Waals surface area (Å²) in [7, 11) is 0. The molecule has 0 aliphatic heterocycles. The van der Waals surface area contributed by atoms with E-state index in [0.29, 0.717) is 21.4 Å². The summed E-state index contributed by atoms with van der Waals surface area (Å²) in [6.45, 7) is 0. The lowest BCUT2D eigenvalue weighted by Crippen LogP contribution is -2.41. The van der Waals surface area contributed by atoms with E-state index in [1.807, 2.05) is 0 Å². The number of alkyl halides is 3. The van der Waals surface area contributed by atoms with E-state index < -0.39 is 29.3 Å². The number of halogens is 3. The van der Waals surface area contributed by atoms with Crippen molar-refractivity contribution in [3.63, 3.8) is 0 Å². The average molecular weight is 423 g/mol. The Kier molecular flexibility index (Phi) is 5.06. The fraction of sp³-hybridized carbons (Fsp3) is 0.0870. The lowest BCUT2D eigenvalue weighted by molar-refractivity contribution is -0.148. The van der Waals surface area contributed by atoms with Crippen LogP contribution in [0.2, 0.25) is 0 Å². The molecule has 0 amide bonds. The molecule has 8 heteroatoms. The molecule has 31 heavy (non-hydrogen) atoms. The van der Waals surface area contributed by atoms with Crippen LogP contribution in [-0.4, -0.2) is 25.8 Å². The highest BCUT2D eigenvalue weighted by molar-refractivity contribution is 5.83. The SMILES string of the molecule is O=C(O)c1nc(C(F)(F)F)n(C(c2ccccc2)(c2ccccc2)c2ccccc2)n1. The van der Waals surface area contributed by atoms with Gasteiger partial charge in [0.25, 0.3) is 5.82 Å². The summed E-state index contributed by atoms with van der Waals surface area (Å²) >= 11 is 0. The predicted molar refractivity (Wildman–Crippen MR) is 107 cm³/mol. The smallest absolute Gasteiger partial charge is 0.451 e. The third-order valence-corrected chi connectivity index (χ3v) is 4.94. The summed E-state index contributed by atoms with van der Waals surface area (Å²) < 4.78 is 42.9. The molecule has 4 aromatic rings. The lowest BCUT2D eigenvalue weighted by atomic mass is 9.77. The van der Waals surface area contributed by atoms with Crippen LogP contribution in [0.5, 0.6) is 0 Å². The number of hydrogen-bond donors (Lipinski definition) is 1. The van der Waals surface area contributed by atoms with Gasteiger partial charge in [-0.25, -0.2) is 9.48 Å². The van der Waals surface area contributed by atoms with Crippen molar-refractivity contribution < 1.29 is 23.1 Å². The third-order valence-electron chi connectivity index (χ3n) is 4.94. The number of aromatic nitrogens is 3. The van der Waals surface area contributed by atoms with Gasteiger partial charge >= 0.3 is 12.1 Å². The minimum atomic E-state index is -4.94. The van der Waals surface area contributed by atoms with E-state index in [2.05, 4.69) is 10.1 Å². The summed E-state index contributed by atoms with van der Waals surface area (Å²) in [5.41, 5.74) is -0.200. The Labute approximate surface area is 175 Å². The van der Waals surface area contributed by atoms with Gasteiger partial charge in [-0.05, 0) is 16.7 Å². The maximum atomic E-state index is 14.1. The number of aromatic carboxylic acids is 1. The Balaban J connectivity index is 2.21. The van der Waals surface area contributed by atoms with Crippen LogP contribution < -0.4 is 0 Å². The Morgan fingerprint density at radius 2 is 1.13 bits per heavy atom. The van der Waals surface area contributed by atoms with E-state index in [1.54, 1.807) is 91.0 Å². The van der Waals surface area contributed by atoms with Crippen molar-refractivity contribution >= 4 is 5.97 Å². The van der Waals surface area contributed by atoms with Crippen molar-refractivity contribution in [2.45, 2.75) is 11.7 Å². The van der Waals surface area contributed by atoms with Gasteiger partial charge in [0, 0.05) is 0 Å². The molecule has 0 aliphatic rings. The first-order chi connectivity index (χ1) is 14.8. The van der Waals surface area contributed by atoms with E-state index in [-0.39, 0.29) is 0 Å². The van der Waals surface area contributed by atoms with E-state index in [1.165, 1.54) is 0 Å². The van der Waals surface area contributed by atoms with Crippen molar-refractivity contribution in [3.05, 3.63) is 119 Å². The van der Waals surface area contributed by atoms with Crippen molar-refractivity contribution in [2.24, 2.45) is 0 Å². The zero-order valence-corrected chi connectivity index (χ0v) is 16.0. The molecule has 5 nitrogen and oxygen atoms in total. The second-order valence-electron chi connectivity index (χ2n) is 6.78. The Hall–Kier alpha value is -3.94. The highest BCUT2D eigenvalue weighted by atomic mass is 19.4. The largest absolute Gasteiger partial charge is 0.475 e. The number of benzene rings is 3. The number of carboxylic acid groups (broad SMARTS) is 1. The zero-order chi connectivity index (χ0) is 22.1. The standard InChI is InChI=1S/C23H16F3N3O2/c24-23(25,26)21-27-19(20(30)31)28-29(21)22(16-10-4-1-5-11-16,17-12-6-2-7-13-17)18-14-8-3-9-15-18/h1-15H,(H,30,31). The molecule has 0 spiro atoms. The van der Waals surface area contributed by atoms with Gasteiger partial charge in [0.15, 0.2) is 0 Å². The molecular weight excluding hydrogens is 407 g/mol. The summed E-state index contributed by atoms with van der Waals surface area (Å²) in [5, 5.41) is 13.2. The number of hydrogen-bond acceptors (Lipinski definition) is 3. The molecule has 156 valence electrons. The molecule has 0 unspecified atom stereocenters. The first-order valence-electron chi connectivity index (χ1n) is 9.29. The van der Waals surface area contributed by atoms with Gasteiger partial charge in [0.1, 0.15) is 5.54 Å². The van der Waals surface area contributed by atoms with Crippen molar-refractivity contribution in [1.82, 2.24) is 14.8 Å². The highest BCUT2D eigenvalue weighted by Gasteiger charge is 2.48. The van der Waals surface area contributed by atoms with Crippen LogP contribution in [0.25, 0.3) is 0 Å². The topological polar surface area (TPSA) is 68.0 Å². The van der Waals surface area contributed by atoms with Crippen LogP contribution in [-0.2, 0) is 11.7 Å². The summed E-state index contributed by atoms with van der Waals surface area (Å²) in [5.74, 6) is -3.98. The van der Waals surface area contributed by atoms with Crippen molar-refractivity contribution in [2.75, 3.05) is 0 Å². The first kappa shape index (κ1) is 20.3. The molecule has 1 heterocycles. The maximum absolute atomic E-state index is 14.1. The fourth-order valence-electron chi connectivity index (χ4n) is 3.72. The quantitative estimate of drug-likeness (QED) is 0.467. The number of rotatable bonds is 5. The highest BCUT2D eigenvalue weighted by Crippen LogP contribution is 2.43. The van der Waals surface area contributed by atoms with E-state index in [4.69, 9.17) is 0 Å². The van der Waals surface area contributed by atoms with Gasteiger partial charge in [-0.2, -0.15) is 18.2 Å². The molecule has 4 rings (SSSR count). The second kappa shape index (κ2) is 7.71. The first-order valence-corrected chi connectivity index (χ1v) is 9.29. The van der Waals surface area contributed by atoms with Gasteiger partial charge in [0.05, 0.1) is 0 Å². The van der Waals surface area contributed by atoms with E-state index in [9.17, 15) is 23.1 Å². The van der Waals surface area contributed by atoms with Crippen LogP contribution >= 0.6 is 0 Å². The van der Waals surface area contributed by atoms with Crippen molar-refractivity contribution in [1.29, 1.82) is 0 Å². The van der Waals surface area contributed by atoms with Gasteiger partial charge < -0.3 is 5.11 Å². The number of carboxylic acids is 1. The van der Waals surface area contributed by atoms with Crippen LogP contribution in [0.4, 0.5) is 13.2 Å². The third kappa shape index (κ3) is 3.46. The minimum Gasteiger partial charge on any atom is -0.475 e. The van der Waals surface area contributed by atoms with Gasteiger partial charge in [-0.3, -0.25) is 0 Å². The molecule has 0 fully saturated rings. The summed E-state index contributed by atoms with van der Waals surface area (Å²) in [6.07, 6.45) is -4.94. The van der Waals surface area contributed by atoms with Crippen molar-refractivity contribution in [3.8, 4) is 0 Å². The summed E-state index contributed by atoms with van der Waals surface area (Å²) in [6, 6.07) is 25.6. The molecule has 3 aromatic carbocycles. The van der Waals surface area contributed by atoms with Crippen LogP contribution in [0.1, 0.15) is 33.1 Å². The molecule has 1 N–H and O–H groups in total. The molecule has 1 aromatic heterocycles. The van der Waals surface area contributed by atoms with Crippen LogP contribution in [0.3, 0.4) is 0 Å². The van der Waals surface area contributed by atoms with E-state index >= 15 is 0 Å². The Morgan fingerprint density at radius 1 is 0.742 bits per heavy atom. The minimum absolute atomic E-state index is 0.472. The lowest BCUT2D eigenvalue weighted by Gasteiger charge is -2.37. The molecule has 0 aliphatic carbocycles. The molecule has 0 radical (unpaired) electrons. The average Bonchev–Trinajstić information content (AvgIpc) is 3.24. The molecule has 0 saturated carbocycles. The fourth-order valence-corrected chi connectivity index (χ4v) is 3.72. The zero-order valence-electron chi connectivity index (χ0n) is 16.0. The molecule has 0 saturated heterocycles. The number of carbonyl (C=O) groups is 1. The Bertz CT molecular complexity index is 1090. The van der Waals surface area contributed by atoms with Crippen LogP contribution in [0, 0.1) is 0 Å².